The van der Waals surface area contributed by atoms with Crippen molar-refractivity contribution in [2.45, 2.75) is 25.8 Å². The van der Waals surface area contributed by atoms with E-state index in [1.54, 1.807) is 18.5 Å². The lowest BCUT2D eigenvalue weighted by Crippen LogP contribution is -2.14. The van der Waals surface area contributed by atoms with Crippen molar-refractivity contribution in [3.05, 3.63) is 54.0 Å². The number of rotatable bonds is 4. The van der Waals surface area contributed by atoms with Crippen LogP contribution in [0.25, 0.3) is 28.2 Å². The molecule has 9 nitrogen and oxygen atoms in total. The number of tetrazole rings is 1. The average Bonchev–Trinajstić information content (AvgIpc) is 3.61. The van der Waals surface area contributed by atoms with Crippen LogP contribution >= 0.6 is 0 Å². The van der Waals surface area contributed by atoms with Gasteiger partial charge in [0.15, 0.2) is 17.5 Å². The molecule has 174 valence electrons. The first-order valence-electron chi connectivity index (χ1n) is 11.2. The minimum Gasteiger partial charge on any atom is -0.383 e. The van der Waals surface area contributed by atoms with Crippen LogP contribution in [0.1, 0.15) is 24.4 Å². The Morgan fingerprint density at radius 3 is 2.65 bits per heavy atom. The second-order valence-electron chi connectivity index (χ2n) is 9.11. The van der Waals surface area contributed by atoms with Gasteiger partial charge in [-0.3, -0.25) is 4.68 Å². The Morgan fingerprint density at radius 2 is 1.85 bits per heavy atom. The van der Waals surface area contributed by atoms with E-state index in [-0.39, 0.29) is 22.9 Å². The van der Waals surface area contributed by atoms with E-state index in [9.17, 15) is 8.78 Å². The highest BCUT2D eigenvalue weighted by molar-refractivity contribution is 5.76. The summed E-state index contributed by atoms with van der Waals surface area (Å²) in [5.74, 6) is -0.206. The standard InChI is InChI=1S/C23H23F2N9/c1-12-2-3-19(21(25)20(12)24)34-23(30-31-32-34)18-6-15(9-28-22(18)26)16-10-29-33(11-16)17-4-13-7-27-8-14(13)5-17/h2-3,6,9-11,13-14,17,27H,4-5,7-8H2,1H3,(H2,26,28)/t13-,14+,17?. The van der Waals surface area contributed by atoms with Gasteiger partial charge in [0.1, 0.15) is 11.5 Å². The Labute approximate surface area is 194 Å². The van der Waals surface area contributed by atoms with Gasteiger partial charge in [-0.25, -0.2) is 13.8 Å². The summed E-state index contributed by atoms with van der Waals surface area (Å²) in [7, 11) is 0. The Bertz CT molecular complexity index is 1370. The maximum Gasteiger partial charge on any atom is 0.190 e. The van der Waals surface area contributed by atoms with Gasteiger partial charge in [0, 0.05) is 23.5 Å². The van der Waals surface area contributed by atoms with Crippen molar-refractivity contribution in [3.8, 4) is 28.2 Å². The van der Waals surface area contributed by atoms with E-state index in [2.05, 4.69) is 30.9 Å². The molecule has 6 rings (SSSR count). The molecule has 2 aliphatic rings. The number of fused-ring (bicyclic) bond motifs is 1. The van der Waals surface area contributed by atoms with Crippen molar-refractivity contribution >= 4 is 5.82 Å². The molecule has 3 atom stereocenters. The predicted molar refractivity (Wildman–Crippen MR) is 121 cm³/mol. The fourth-order valence-electron chi connectivity index (χ4n) is 5.17. The lowest BCUT2D eigenvalue weighted by Gasteiger charge is -2.12. The van der Waals surface area contributed by atoms with Crippen LogP contribution in [0.5, 0.6) is 0 Å². The molecule has 1 aromatic carbocycles. The molecule has 1 saturated carbocycles. The molecule has 3 N–H and O–H groups in total. The molecule has 1 aliphatic heterocycles. The van der Waals surface area contributed by atoms with Gasteiger partial charge in [0.2, 0.25) is 0 Å². The number of anilines is 1. The maximum atomic E-state index is 14.6. The maximum absolute atomic E-state index is 14.6. The predicted octanol–water partition coefficient (Wildman–Crippen LogP) is 2.93. The van der Waals surface area contributed by atoms with Crippen molar-refractivity contribution in [3.63, 3.8) is 0 Å². The summed E-state index contributed by atoms with van der Waals surface area (Å²) >= 11 is 0. The van der Waals surface area contributed by atoms with Crippen LogP contribution in [-0.2, 0) is 0 Å². The zero-order valence-corrected chi connectivity index (χ0v) is 18.5. The number of nitrogens with two attached hydrogens (primary N) is 1. The van der Waals surface area contributed by atoms with E-state index >= 15 is 0 Å². The molecule has 2 fully saturated rings. The van der Waals surface area contributed by atoms with E-state index in [1.165, 1.54) is 19.1 Å². The van der Waals surface area contributed by atoms with Crippen LogP contribution in [0.4, 0.5) is 14.6 Å². The van der Waals surface area contributed by atoms with Crippen molar-refractivity contribution in [1.29, 1.82) is 0 Å². The third-order valence-electron chi connectivity index (χ3n) is 7.05. The van der Waals surface area contributed by atoms with Gasteiger partial charge in [0.25, 0.3) is 0 Å². The number of benzene rings is 1. The van der Waals surface area contributed by atoms with Gasteiger partial charge in [-0.05, 0) is 72.8 Å². The molecule has 3 aromatic heterocycles. The number of nitrogen functional groups attached to an aromatic ring is 1. The van der Waals surface area contributed by atoms with Crippen molar-refractivity contribution < 1.29 is 8.78 Å². The summed E-state index contributed by atoms with van der Waals surface area (Å²) in [6, 6.07) is 5.08. The first kappa shape index (κ1) is 20.8. The Morgan fingerprint density at radius 1 is 1.06 bits per heavy atom. The highest BCUT2D eigenvalue weighted by atomic mass is 19.2. The van der Waals surface area contributed by atoms with Gasteiger partial charge >= 0.3 is 0 Å². The molecule has 1 unspecified atom stereocenters. The summed E-state index contributed by atoms with van der Waals surface area (Å²) < 4.78 is 32.0. The number of hydrogen-bond donors (Lipinski definition) is 2. The first-order chi connectivity index (χ1) is 16.5. The first-order valence-corrected chi connectivity index (χ1v) is 11.2. The number of hydrogen-bond acceptors (Lipinski definition) is 7. The molecule has 4 aromatic rings. The molecule has 0 bridgehead atoms. The third-order valence-corrected chi connectivity index (χ3v) is 7.05. The monoisotopic (exact) mass is 463 g/mol. The molecule has 0 amide bonds. The van der Waals surface area contributed by atoms with E-state index in [0.29, 0.717) is 23.4 Å². The SMILES string of the molecule is Cc1ccc(-n2nnnc2-c2cc(-c3cnn(C4C[C@H]5CNC[C@H]5C4)c3)cnc2N)c(F)c1F. The second-order valence-corrected chi connectivity index (χ2v) is 9.11. The Hall–Kier alpha value is -3.73. The molecule has 4 heterocycles. The fourth-order valence-corrected chi connectivity index (χ4v) is 5.17. The van der Waals surface area contributed by atoms with Crippen LogP contribution in [-0.4, -0.2) is 48.1 Å². The van der Waals surface area contributed by atoms with Crippen LogP contribution < -0.4 is 11.1 Å². The van der Waals surface area contributed by atoms with E-state index < -0.39 is 11.6 Å². The largest absolute Gasteiger partial charge is 0.383 e. The van der Waals surface area contributed by atoms with E-state index in [0.717, 1.165) is 41.7 Å². The molecule has 11 heteroatoms. The van der Waals surface area contributed by atoms with Crippen LogP contribution in [0.2, 0.25) is 0 Å². The summed E-state index contributed by atoms with van der Waals surface area (Å²) in [4.78, 5) is 4.31. The molecular formula is C23H23F2N9. The molecule has 0 radical (unpaired) electrons. The molecular weight excluding hydrogens is 440 g/mol. The van der Waals surface area contributed by atoms with E-state index in [4.69, 9.17) is 5.73 Å². The van der Waals surface area contributed by atoms with Gasteiger partial charge in [0.05, 0.1) is 17.8 Å². The topological polar surface area (TPSA) is 112 Å². The molecule has 1 aliphatic carbocycles. The number of pyridine rings is 1. The van der Waals surface area contributed by atoms with Gasteiger partial charge in [-0.15, -0.1) is 5.10 Å². The highest BCUT2D eigenvalue weighted by Gasteiger charge is 2.38. The smallest absolute Gasteiger partial charge is 0.190 e. The third kappa shape index (κ3) is 3.35. The zero-order valence-electron chi connectivity index (χ0n) is 18.5. The second kappa shape index (κ2) is 7.94. The van der Waals surface area contributed by atoms with Crippen LogP contribution in [0.15, 0.2) is 36.8 Å². The van der Waals surface area contributed by atoms with Crippen molar-refractivity contribution in [2.24, 2.45) is 11.8 Å². The quantitative estimate of drug-likeness (QED) is 0.479. The molecule has 34 heavy (non-hydrogen) atoms. The summed E-state index contributed by atoms with van der Waals surface area (Å²) in [5.41, 5.74) is 8.30. The van der Waals surface area contributed by atoms with Crippen molar-refractivity contribution in [1.82, 2.24) is 40.3 Å². The van der Waals surface area contributed by atoms with Gasteiger partial charge in [-0.1, -0.05) is 6.07 Å². The normalized spacial score (nSPS) is 21.8. The minimum absolute atomic E-state index is 0.109. The Kier molecular flexibility index (Phi) is 4.87. The number of nitrogens with one attached hydrogen (secondary N) is 1. The number of aromatic nitrogens is 7. The lowest BCUT2D eigenvalue weighted by atomic mass is 10.0. The summed E-state index contributed by atoms with van der Waals surface area (Å²) in [6.07, 6.45) is 7.73. The fraction of sp³-hybridized carbons (Fsp3) is 0.348. The average molecular weight is 463 g/mol. The number of halogens is 2. The number of nitrogens with zero attached hydrogens (tertiary/aromatic N) is 7. The zero-order chi connectivity index (χ0) is 23.4. The van der Waals surface area contributed by atoms with Crippen molar-refractivity contribution in [2.75, 3.05) is 18.8 Å². The van der Waals surface area contributed by atoms with Crippen LogP contribution in [0, 0.1) is 30.4 Å². The highest BCUT2D eigenvalue weighted by Crippen LogP contribution is 2.41. The summed E-state index contributed by atoms with van der Waals surface area (Å²) in [5, 5.41) is 19.6. The van der Waals surface area contributed by atoms with E-state index in [1.807, 2.05) is 10.9 Å². The lowest BCUT2D eigenvalue weighted by molar-refractivity contribution is 0.433. The Balaban J connectivity index is 1.34. The summed E-state index contributed by atoms with van der Waals surface area (Å²) in [6.45, 7) is 3.66. The van der Waals surface area contributed by atoms with Gasteiger partial charge < -0.3 is 11.1 Å². The van der Waals surface area contributed by atoms with Crippen LogP contribution in [0.3, 0.4) is 0 Å². The van der Waals surface area contributed by atoms with Gasteiger partial charge in [-0.2, -0.15) is 9.78 Å². The minimum atomic E-state index is -1.03. The number of aryl methyl sites for hydroxylation is 1. The molecule has 0 spiro atoms. The molecule has 1 saturated heterocycles.